The smallest absolute Gasteiger partial charge is 0.266 e. The number of fused-ring (bicyclic) bond motifs is 1. The molecule has 3 aromatic carbocycles. The fourth-order valence-electron chi connectivity index (χ4n) is 3.04. The van der Waals surface area contributed by atoms with Crippen molar-refractivity contribution < 1.29 is 4.74 Å². The molecule has 1 heterocycles. The molecule has 4 nitrogen and oxygen atoms in total. The van der Waals surface area contributed by atoms with Crippen LogP contribution in [0, 0.1) is 6.92 Å². The van der Waals surface area contributed by atoms with Gasteiger partial charge in [-0.2, -0.15) is 0 Å². The van der Waals surface area contributed by atoms with E-state index in [0.29, 0.717) is 21.8 Å². The molecule has 0 aliphatic heterocycles. The van der Waals surface area contributed by atoms with E-state index in [0.717, 1.165) is 22.6 Å². The molecule has 0 saturated carbocycles. The van der Waals surface area contributed by atoms with Gasteiger partial charge in [-0.05, 0) is 48.9 Å². The van der Waals surface area contributed by atoms with Crippen molar-refractivity contribution in [1.29, 1.82) is 0 Å². The van der Waals surface area contributed by atoms with Crippen LogP contribution in [0.3, 0.4) is 0 Å². The Labute approximate surface area is 167 Å². The van der Waals surface area contributed by atoms with Gasteiger partial charge in [-0.25, -0.2) is 4.98 Å². The summed E-state index contributed by atoms with van der Waals surface area (Å²) >= 11 is 1.54. The summed E-state index contributed by atoms with van der Waals surface area (Å²) in [6.45, 7) is 2.03. The number of thioether (sulfide) groups is 1. The molecule has 0 aliphatic carbocycles. The molecule has 5 heteroatoms. The van der Waals surface area contributed by atoms with Crippen LogP contribution >= 0.6 is 11.8 Å². The predicted octanol–water partition coefficient (Wildman–Crippen LogP) is 5.00. The van der Waals surface area contributed by atoms with Crippen molar-refractivity contribution in [3.05, 3.63) is 94.3 Å². The summed E-state index contributed by atoms with van der Waals surface area (Å²) in [5.74, 6) is 1.51. The van der Waals surface area contributed by atoms with Crippen LogP contribution in [0.25, 0.3) is 16.6 Å². The summed E-state index contributed by atoms with van der Waals surface area (Å²) in [6.07, 6.45) is 0. The second kappa shape index (κ2) is 7.90. The zero-order valence-corrected chi connectivity index (χ0v) is 16.6. The highest BCUT2D eigenvalue weighted by atomic mass is 32.2. The van der Waals surface area contributed by atoms with Crippen LogP contribution in [-0.4, -0.2) is 16.7 Å². The number of para-hydroxylation sites is 1. The Morgan fingerprint density at radius 1 is 1.00 bits per heavy atom. The van der Waals surface area contributed by atoms with Gasteiger partial charge in [0.2, 0.25) is 0 Å². The first-order chi connectivity index (χ1) is 13.7. The van der Waals surface area contributed by atoms with Crippen molar-refractivity contribution in [3.8, 4) is 11.4 Å². The van der Waals surface area contributed by atoms with Crippen molar-refractivity contribution in [2.45, 2.75) is 17.8 Å². The van der Waals surface area contributed by atoms with Crippen molar-refractivity contribution in [2.75, 3.05) is 7.11 Å². The first-order valence-corrected chi connectivity index (χ1v) is 9.99. The van der Waals surface area contributed by atoms with Gasteiger partial charge in [0.1, 0.15) is 5.75 Å². The van der Waals surface area contributed by atoms with E-state index in [9.17, 15) is 4.79 Å². The average Bonchev–Trinajstić information content (AvgIpc) is 2.73. The van der Waals surface area contributed by atoms with Crippen molar-refractivity contribution >= 4 is 22.7 Å². The molecular formula is C23H20N2O2S. The van der Waals surface area contributed by atoms with Gasteiger partial charge in [-0.3, -0.25) is 9.36 Å². The Balaban J connectivity index is 1.80. The van der Waals surface area contributed by atoms with E-state index in [-0.39, 0.29) is 5.56 Å². The van der Waals surface area contributed by atoms with Gasteiger partial charge >= 0.3 is 0 Å². The summed E-state index contributed by atoms with van der Waals surface area (Å²) in [4.78, 5) is 18.0. The van der Waals surface area contributed by atoms with E-state index >= 15 is 0 Å². The number of nitrogens with zero attached hydrogens (tertiary/aromatic N) is 2. The maximum absolute atomic E-state index is 13.2. The first kappa shape index (κ1) is 18.3. The highest BCUT2D eigenvalue weighted by molar-refractivity contribution is 7.98. The van der Waals surface area contributed by atoms with E-state index < -0.39 is 0 Å². The molecule has 0 unspecified atom stereocenters. The Morgan fingerprint density at radius 2 is 1.79 bits per heavy atom. The highest BCUT2D eigenvalue weighted by Crippen LogP contribution is 2.26. The van der Waals surface area contributed by atoms with Gasteiger partial charge in [0, 0.05) is 5.75 Å². The summed E-state index contributed by atoms with van der Waals surface area (Å²) < 4.78 is 7.01. The number of hydrogen-bond donors (Lipinski definition) is 0. The molecule has 0 saturated heterocycles. The predicted molar refractivity (Wildman–Crippen MR) is 115 cm³/mol. The van der Waals surface area contributed by atoms with Crippen LogP contribution < -0.4 is 10.3 Å². The minimum Gasteiger partial charge on any atom is -0.497 e. The number of methoxy groups -OCH3 is 1. The average molecular weight is 388 g/mol. The van der Waals surface area contributed by atoms with E-state index in [1.807, 2.05) is 79.7 Å². The van der Waals surface area contributed by atoms with Crippen LogP contribution in [-0.2, 0) is 5.75 Å². The summed E-state index contributed by atoms with van der Waals surface area (Å²) in [6, 6.07) is 23.4. The van der Waals surface area contributed by atoms with Gasteiger partial charge in [0.05, 0.1) is 23.7 Å². The zero-order valence-electron chi connectivity index (χ0n) is 15.8. The SMILES string of the molecule is COc1cccc(CSc2nc3ccccc3c(=O)n2-c2ccc(C)cc2)c1. The van der Waals surface area contributed by atoms with Crippen molar-refractivity contribution in [1.82, 2.24) is 9.55 Å². The normalized spacial score (nSPS) is 10.9. The third-order valence-electron chi connectivity index (χ3n) is 4.54. The maximum Gasteiger partial charge on any atom is 0.266 e. The number of rotatable bonds is 5. The molecule has 1 aromatic heterocycles. The second-order valence-electron chi connectivity index (χ2n) is 6.53. The lowest BCUT2D eigenvalue weighted by Crippen LogP contribution is -2.21. The molecular weight excluding hydrogens is 368 g/mol. The van der Waals surface area contributed by atoms with Crippen molar-refractivity contribution in [2.24, 2.45) is 0 Å². The molecule has 0 amide bonds. The molecule has 0 aliphatic rings. The van der Waals surface area contributed by atoms with Gasteiger partial charge in [0.25, 0.3) is 5.56 Å². The Kier molecular flexibility index (Phi) is 5.17. The molecule has 4 aromatic rings. The van der Waals surface area contributed by atoms with Crippen LogP contribution in [0.4, 0.5) is 0 Å². The highest BCUT2D eigenvalue weighted by Gasteiger charge is 2.13. The monoisotopic (exact) mass is 388 g/mol. The summed E-state index contributed by atoms with van der Waals surface area (Å²) in [5, 5.41) is 1.30. The molecule has 28 heavy (non-hydrogen) atoms. The van der Waals surface area contributed by atoms with E-state index in [1.165, 1.54) is 0 Å². The van der Waals surface area contributed by atoms with E-state index in [4.69, 9.17) is 9.72 Å². The first-order valence-electron chi connectivity index (χ1n) is 9.00. The topological polar surface area (TPSA) is 44.1 Å². The molecule has 0 atom stereocenters. The number of hydrogen-bond acceptors (Lipinski definition) is 4. The third kappa shape index (κ3) is 3.66. The van der Waals surface area contributed by atoms with E-state index in [2.05, 4.69) is 0 Å². The standard InChI is InChI=1S/C23H20N2O2S/c1-16-10-12-18(13-11-16)25-22(26)20-8-3-4-9-21(20)24-23(25)28-15-17-6-5-7-19(14-17)27-2/h3-14H,15H2,1-2H3. The minimum absolute atomic E-state index is 0.0532. The zero-order chi connectivity index (χ0) is 19.5. The van der Waals surface area contributed by atoms with Gasteiger partial charge in [0.15, 0.2) is 5.16 Å². The molecule has 0 N–H and O–H groups in total. The van der Waals surface area contributed by atoms with Gasteiger partial charge in [-0.15, -0.1) is 0 Å². The molecule has 0 spiro atoms. The minimum atomic E-state index is -0.0532. The fraction of sp³-hybridized carbons (Fsp3) is 0.130. The quantitative estimate of drug-likeness (QED) is 0.357. The van der Waals surface area contributed by atoms with Gasteiger partial charge < -0.3 is 4.74 Å². The van der Waals surface area contributed by atoms with Crippen LogP contribution in [0.5, 0.6) is 5.75 Å². The molecule has 0 bridgehead atoms. The fourth-order valence-corrected chi connectivity index (χ4v) is 4.00. The molecule has 140 valence electrons. The Morgan fingerprint density at radius 3 is 2.57 bits per heavy atom. The summed E-state index contributed by atoms with van der Waals surface area (Å²) in [7, 11) is 1.66. The van der Waals surface area contributed by atoms with Crippen LogP contribution in [0.1, 0.15) is 11.1 Å². The number of aryl methyl sites for hydroxylation is 1. The Hall–Kier alpha value is -3.05. The van der Waals surface area contributed by atoms with Gasteiger partial charge in [-0.1, -0.05) is 53.7 Å². The van der Waals surface area contributed by atoms with Crippen molar-refractivity contribution in [3.63, 3.8) is 0 Å². The molecule has 0 fully saturated rings. The second-order valence-corrected chi connectivity index (χ2v) is 7.47. The lowest BCUT2D eigenvalue weighted by Gasteiger charge is -2.13. The summed E-state index contributed by atoms with van der Waals surface area (Å²) in [5.41, 5.74) is 3.74. The number of aromatic nitrogens is 2. The van der Waals surface area contributed by atoms with Crippen LogP contribution in [0.15, 0.2) is 82.7 Å². The Bertz CT molecular complexity index is 1180. The van der Waals surface area contributed by atoms with E-state index in [1.54, 1.807) is 23.4 Å². The third-order valence-corrected chi connectivity index (χ3v) is 5.55. The number of ether oxygens (including phenoxy) is 1. The largest absolute Gasteiger partial charge is 0.497 e. The maximum atomic E-state index is 13.2. The van der Waals surface area contributed by atoms with Crippen LogP contribution in [0.2, 0.25) is 0 Å². The molecule has 0 radical (unpaired) electrons. The lowest BCUT2D eigenvalue weighted by atomic mass is 10.2. The lowest BCUT2D eigenvalue weighted by molar-refractivity contribution is 0.414. The molecule has 4 rings (SSSR count). The number of benzene rings is 3.